The van der Waals surface area contributed by atoms with Crippen LogP contribution in [0, 0.1) is 13.8 Å². The van der Waals surface area contributed by atoms with Gasteiger partial charge in [0, 0.05) is 26.4 Å². The van der Waals surface area contributed by atoms with Crippen molar-refractivity contribution in [2.75, 3.05) is 20.8 Å². The number of H-pyrrole nitrogens is 2. The molecule has 0 saturated heterocycles. The Balaban J connectivity index is 1.58. The van der Waals surface area contributed by atoms with Gasteiger partial charge in [-0.2, -0.15) is 0 Å². The van der Waals surface area contributed by atoms with Gasteiger partial charge in [-0.1, -0.05) is 30.3 Å². The average Bonchev–Trinajstić information content (AvgIpc) is 3.76. The van der Waals surface area contributed by atoms with Crippen LogP contribution in [-0.4, -0.2) is 65.2 Å². The molecular weight excluding hydrogens is 578 g/mol. The number of aromatic nitrogens is 2. The van der Waals surface area contributed by atoms with Crippen LogP contribution < -0.4 is 0 Å². The number of fused-ring (bicyclic) bond motifs is 2. The minimum atomic E-state index is -0.630. The number of carbonyl (C=O) groups is 5. The highest BCUT2D eigenvalue weighted by Crippen LogP contribution is 2.46. The Bertz CT molecular complexity index is 1890. The number of hydrogen-bond acceptors (Lipinski definition) is 9. The van der Waals surface area contributed by atoms with Crippen molar-refractivity contribution in [2.45, 2.75) is 13.8 Å². The van der Waals surface area contributed by atoms with E-state index in [0.717, 1.165) is 14.7 Å². The van der Waals surface area contributed by atoms with Crippen LogP contribution in [0.3, 0.4) is 0 Å². The van der Waals surface area contributed by atoms with Crippen LogP contribution in [0.4, 0.5) is 0 Å². The third-order valence-electron chi connectivity index (χ3n) is 7.17. The summed E-state index contributed by atoms with van der Waals surface area (Å²) in [6.45, 7) is 3.20. The number of aromatic amines is 2. The van der Waals surface area contributed by atoms with Crippen molar-refractivity contribution in [3.63, 3.8) is 0 Å². The van der Waals surface area contributed by atoms with Crippen LogP contribution >= 0.6 is 22.7 Å². The second-order valence-corrected chi connectivity index (χ2v) is 12.1. The third kappa shape index (κ3) is 4.18. The SMILES string of the molecule is COC(=O)c1cc2sc(C)c(C3=C(c4c(C)sc5cc(C(=O)OC)[nH]c45)C(=O)N(CC(=O)c4ccccc4)C3=O)c2[nH]1. The van der Waals surface area contributed by atoms with E-state index < -0.39 is 36.1 Å². The number of esters is 2. The van der Waals surface area contributed by atoms with Crippen molar-refractivity contribution in [2.24, 2.45) is 0 Å². The second-order valence-electron chi connectivity index (χ2n) is 9.63. The fourth-order valence-electron chi connectivity index (χ4n) is 5.27. The van der Waals surface area contributed by atoms with Gasteiger partial charge in [-0.3, -0.25) is 19.3 Å². The summed E-state index contributed by atoms with van der Waals surface area (Å²) in [5.74, 6) is -2.79. The quantitative estimate of drug-likeness (QED) is 0.150. The first-order valence-corrected chi connectivity index (χ1v) is 14.4. The van der Waals surface area contributed by atoms with Crippen molar-refractivity contribution < 1.29 is 33.4 Å². The number of ether oxygens (including phenoxy) is 2. The number of benzene rings is 1. The summed E-state index contributed by atoms with van der Waals surface area (Å²) >= 11 is 2.72. The van der Waals surface area contributed by atoms with Gasteiger partial charge in [-0.05, 0) is 26.0 Å². The lowest BCUT2D eigenvalue weighted by molar-refractivity contribution is -0.135. The molecule has 0 bridgehead atoms. The molecule has 5 aromatic rings. The van der Waals surface area contributed by atoms with Gasteiger partial charge in [-0.15, -0.1) is 22.7 Å². The lowest BCUT2D eigenvalue weighted by Gasteiger charge is -2.14. The molecule has 0 fully saturated rings. The minimum Gasteiger partial charge on any atom is -0.464 e. The number of amides is 2. The zero-order chi connectivity index (χ0) is 29.9. The molecule has 212 valence electrons. The molecule has 12 heteroatoms. The summed E-state index contributed by atoms with van der Waals surface area (Å²) in [4.78, 5) is 74.7. The molecule has 42 heavy (non-hydrogen) atoms. The van der Waals surface area contributed by atoms with E-state index in [0.29, 0.717) is 37.1 Å². The Labute approximate surface area is 246 Å². The summed E-state index contributed by atoms with van der Waals surface area (Å²) in [5.41, 5.74) is 2.95. The number of thiophene rings is 2. The Hall–Kier alpha value is -4.81. The Morgan fingerprint density at radius 2 is 1.21 bits per heavy atom. The van der Waals surface area contributed by atoms with E-state index >= 15 is 0 Å². The van der Waals surface area contributed by atoms with Gasteiger partial charge in [0.05, 0.1) is 52.3 Å². The number of nitrogens with one attached hydrogen (secondary N) is 2. The topological polar surface area (TPSA) is 139 Å². The predicted molar refractivity (Wildman–Crippen MR) is 159 cm³/mol. The van der Waals surface area contributed by atoms with E-state index in [2.05, 4.69) is 9.97 Å². The normalized spacial score (nSPS) is 13.6. The molecule has 4 aromatic heterocycles. The zero-order valence-corrected chi connectivity index (χ0v) is 24.5. The minimum absolute atomic E-state index is 0.111. The first-order valence-electron chi connectivity index (χ1n) is 12.7. The molecule has 6 rings (SSSR count). The van der Waals surface area contributed by atoms with Crippen molar-refractivity contribution in [3.8, 4) is 0 Å². The van der Waals surface area contributed by atoms with Crippen LogP contribution in [0.5, 0.6) is 0 Å². The van der Waals surface area contributed by atoms with E-state index in [9.17, 15) is 24.0 Å². The molecule has 2 N–H and O–H groups in total. The molecule has 10 nitrogen and oxygen atoms in total. The third-order valence-corrected chi connectivity index (χ3v) is 9.27. The smallest absolute Gasteiger partial charge is 0.354 e. The molecule has 0 saturated carbocycles. The zero-order valence-electron chi connectivity index (χ0n) is 22.9. The number of Topliss-reactive ketones (excluding diaryl/α,β-unsaturated/α-hetero) is 1. The maximum Gasteiger partial charge on any atom is 0.354 e. The van der Waals surface area contributed by atoms with Crippen LogP contribution in [0.15, 0.2) is 42.5 Å². The Morgan fingerprint density at radius 1 is 0.762 bits per heavy atom. The van der Waals surface area contributed by atoms with Crippen molar-refractivity contribution in [3.05, 3.63) is 80.3 Å². The summed E-state index contributed by atoms with van der Waals surface area (Å²) < 4.78 is 11.1. The summed E-state index contributed by atoms with van der Waals surface area (Å²) in [5, 5.41) is 0. The second kappa shape index (κ2) is 10.2. The highest BCUT2D eigenvalue weighted by molar-refractivity contribution is 7.20. The average molecular weight is 602 g/mol. The lowest BCUT2D eigenvalue weighted by Crippen LogP contribution is -2.36. The number of carbonyl (C=O) groups excluding carboxylic acids is 5. The molecule has 0 aliphatic carbocycles. The number of hydrogen-bond donors (Lipinski definition) is 2. The highest BCUT2D eigenvalue weighted by Gasteiger charge is 2.44. The number of rotatable bonds is 7. The van der Waals surface area contributed by atoms with Gasteiger partial charge < -0.3 is 19.4 Å². The number of methoxy groups -OCH3 is 2. The van der Waals surface area contributed by atoms with Crippen LogP contribution in [-0.2, 0) is 19.1 Å². The number of ketones is 1. The molecule has 0 radical (unpaired) electrons. The van der Waals surface area contributed by atoms with E-state index in [1.165, 1.54) is 36.9 Å². The van der Waals surface area contributed by atoms with E-state index in [1.54, 1.807) is 42.5 Å². The van der Waals surface area contributed by atoms with Gasteiger partial charge in [-0.25, -0.2) is 9.59 Å². The highest BCUT2D eigenvalue weighted by atomic mass is 32.1. The summed E-state index contributed by atoms with van der Waals surface area (Å²) in [6, 6.07) is 11.7. The summed E-state index contributed by atoms with van der Waals surface area (Å²) in [7, 11) is 2.54. The fourth-order valence-corrected chi connectivity index (χ4v) is 7.41. The van der Waals surface area contributed by atoms with E-state index in [4.69, 9.17) is 9.47 Å². The number of imide groups is 1. The molecule has 0 spiro atoms. The fraction of sp³-hybridized carbons (Fsp3) is 0.167. The molecular formula is C30H23N3O7S2. The van der Waals surface area contributed by atoms with E-state index in [1.807, 2.05) is 13.8 Å². The van der Waals surface area contributed by atoms with Crippen molar-refractivity contribution in [1.29, 1.82) is 0 Å². The first-order chi connectivity index (χ1) is 20.1. The van der Waals surface area contributed by atoms with Crippen LogP contribution in [0.25, 0.3) is 31.6 Å². The molecule has 1 aliphatic rings. The first kappa shape index (κ1) is 27.4. The Kier molecular flexibility index (Phi) is 6.66. The molecule has 5 heterocycles. The van der Waals surface area contributed by atoms with Crippen molar-refractivity contribution in [1.82, 2.24) is 14.9 Å². The number of nitrogens with zero attached hydrogens (tertiary/aromatic N) is 1. The number of aryl methyl sites for hydroxylation is 2. The monoisotopic (exact) mass is 601 g/mol. The molecule has 0 atom stereocenters. The maximum atomic E-state index is 14.2. The molecule has 2 amide bonds. The lowest BCUT2D eigenvalue weighted by atomic mass is 9.96. The van der Waals surface area contributed by atoms with Crippen LogP contribution in [0.2, 0.25) is 0 Å². The Morgan fingerprint density at radius 3 is 1.64 bits per heavy atom. The van der Waals surface area contributed by atoms with Gasteiger partial charge in [0.15, 0.2) is 5.78 Å². The standard InChI is InChI=1S/C30H23N3O7S2/c1-13-21(25-19(41-13)10-16(31-25)29(37)39-3)23-24(22-14(2)42-20-11-17(30(38)40-4)32-26(20)22)28(36)33(27(23)35)12-18(34)15-8-6-5-7-9-15/h5-11,31-32H,12H2,1-4H3. The molecule has 1 aromatic carbocycles. The van der Waals surface area contributed by atoms with Gasteiger partial charge in [0.25, 0.3) is 11.8 Å². The summed E-state index contributed by atoms with van der Waals surface area (Å²) in [6.07, 6.45) is 0. The van der Waals surface area contributed by atoms with Gasteiger partial charge in [0.1, 0.15) is 11.4 Å². The maximum absolute atomic E-state index is 14.2. The molecule has 0 unspecified atom stereocenters. The molecule has 1 aliphatic heterocycles. The largest absolute Gasteiger partial charge is 0.464 e. The van der Waals surface area contributed by atoms with E-state index in [-0.39, 0.29) is 22.5 Å². The van der Waals surface area contributed by atoms with Gasteiger partial charge in [0.2, 0.25) is 0 Å². The van der Waals surface area contributed by atoms with Crippen molar-refractivity contribution >= 4 is 83.8 Å². The van der Waals surface area contributed by atoms with Crippen LogP contribution in [0.1, 0.15) is 52.2 Å². The predicted octanol–water partition coefficient (Wildman–Crippen LogP) is 5.12. The van der Waals surface area contributed by atoms with Gasteiger partial charge >= 0.3 is 11.9 Å².